The van der Waals surface area contributed by atoms with Gasteiger partial charge in [-0.05, 0) is 29.1 Å². The van der Waals surface area contributed by atoms with E-state index in [1.165, 1.54) is 23.5 Å². The van der Waals surface area contributed by atoms with Crippen LogP contribution in [0.1, 0.15) is 20.8 Å². The van der Waals surface area contributed by atoms with Crippen molar-refractivity contribution in [3.05, 3.63) is 75.7 Å². The Morgan fingerprint density at radius 1 is 1.19 bits per heavy atom. The zero-order valence-corrected chi connectivity index (χ0v) is 14.6. The highest BCUT2D eigenvalue weighted by Crippen LogP contribution is 2.32. The van der Waals surface area contributed by atoms with E-state index in [-0.39, 0.29) is 20.0 Å². The van der Waals surface area contributed by atoms with Crippen LogP contribution in [-0.4, -0.2) is 12.8 Å². The van der Waals surface area contributed by atoms with Gasteiger partial charge in [-0.2, -0.15) is 0 Å². The van der Waals surface area contributed by atoms with E-state index in [1.54, 1.807) is 0 Å². The Morgan fingerprint density at radius 2 is 2.04 bits per heavy atom. The second-order valence-electron chi connectivity index (χ2n) is 5.77. The summed E-state index contributed by atoms with van der Waals surface area (Å²) in [6, 6.07) is 14.2. The van der Waals surface area contributed by atoms with Gasteiger partial charge in [0.2, 0.25) is 0 Å². The first-order chi connectivity index (χ1) is 12.7. The molecule has 4 rings (SSSR count). The quantitative estimate of drug-likeness (QED) is 0.620. The largest absolute Gasteiger partial charge is 0.467 e. The molecule has 0 saturated carbocycles. The predicted molar refractivity (Wildman–Crippen MR) is 95.6 cm³/mol. The van der Waals surface area contributed by atoms with Gasteiger partial charge in [-0.3, -0.25) is 0 Å². The van der Waals surface area contributed by atoms with Gasteiger partial charge < -0.3 is 14.2 Å². The van der Waals surface area contributed by atoms with E-state index in [4.69, 9.17) is 14.2 Å². The number of hydrogen-bond donors (Lipinski definition) is 0. The molecule has 1 aliphatic rings. The number of carbonyl (C=O) groups is 1. The summed E-state index contributed by atoms with van der Waals surface area (Å²) in [4.78, 5) is 13.1. The Balaban J connectivity index is 1.54. The van der Waals surface area contributed by atoms with Gasteiger partial charge in [0, 0.05) is 16.7 Å². The lowest BCUT2D eigenvalue weighted by Gasteiger charge is -2.20. The zero-order chi connectivity index (χ0) is 17.9. The van der Waals surface area contributed by atoms with Crippen LogP contribution in [0.5, 0.6) is 5.75 Å². The minimum Gasteiger partial charge on any atom is -0.467 e. The highest BCUT2D eigenvalue weighted by molar-refractivity contribution is 7.12. The summed E-state index contributed by atoms with van der Waals surface area (Å²) in [5.41, 5.74) is 2.88. The van der Waals surface area contributed by atoms with E-state index in [9.17, 15) is 9.18 Å². The van der Waals surface area contributed by atoms with Crippen LogP contribution >= 0.6 is 11.3 Å². The Morgan fingerprint density at radius 3 is 2.88 bits per heavy atom. The van der Waals surface area contributed by atoms with E-state index in [0.29, 0.717) is 21.8 Å². The molecular formula is C20H15FO4S. The summed E-state index contributed by atoms with van der Waals surface area (Å²) >= 11 is 1.32. The predicted octanol–water partition coefficient (Wildman–Crippen LogP) is 4.78. The van der Waals surface area contributed by atoms with Crippen molar-refractivity contribution in [2.24, 2.45) is 0 Å². The van der Waals surface area contributed by atoms with Gasteiger partial charge in [0.25, 0.3) is 0 Å². The molecule has 0 N–H and O–H groups in total. The molecule has 0 radical (unpaired) electrons. The fourth-order valence-electron chi connectivity index (χ4n) is 2.89. The molecule has 0 fully saturated rings. The number of ether oxygens (including phenoxy) is 3. The molecule has 0 spiro atoms. The molecule has 0 aliphatic carbocycles. The van der Waals surface area contributed by atoms with Crippen LogP contribution in [0.2, 0.25) is 0 Å². The number of carbonyl (C=O) groups excluding carboxylic acids is 1. The molecule has 26 heavy (non-hydrogen) atoms. The molecule has 0 saturated heterocycles. The van der Waals surface area contributed by atoms with Crippen molar-refractivity contribution >= 4 is 17.3 Å². The molecule has 1 aromatic heterocycles. The normalized spacial score (nSPS) is 13.0. The third-order valence-corrected chi connectivity index (χ3v) is 4.94. The molecule has 6 heteroatoms. The number of thiophene rings is 1. The minimum absolute atomic E-state index is 0.0644. The summed E-state index contributed by atoms with van der Waals surface area (Å²) < 4.78 is 29.8. The molecule has 3 aromatic rings. The Hall–Kier alpha value is -2.70. The van der Waals surface area contributed by atoms with Crippen molar-refractivity contribution in [3.8, 4) is 16.9 Å². The summed E-state index contributed by atoms with van der Waals surface area (Å²) in [5, 5.41) is 1.85. The number of esters is 1. The molecule has 2 heterocycles. The van der Waals surface area contributed by atoms with Gasteiger partial charge in [0.05, 0.1) is 6.61 Å². The van der Waals surface area contributed by atoms with Crippen molar-refractivity contribution in [1.29, 1.82) is 0 Å². The molecule has 0 atom stereocenters. The molecule has 2 aromatic carbocycles. The van der Waals surface area contributed by atoms with Crippen LogP contribution in [0.3, 0.4) is 0 Å². The topological polar surface area (TPSA) is 44.8 Å². The Labute approximate surface area is 153 Å². The van der Waals surface area contributed by atoms with Crippen molar-refractivity contribution in [1.82, 2.24) is 0 Å². The lowest BCUT2D eigenvalue weighted by atomic mass is 10.1. The monoisotopic (exact) mass is 370 g/mol. The first-order valence-corrected chi connectivity index (χ1v) is 8.92. The fraction of sp³-hybridized carbons (Fsp3) is 0.150. The molecule has 132 valence electrons. The molecule has 0 unspecified atom stereocenters. The summed E-state index contributed by atoms with van der Waals surface area (Å²) in [5.74, 6) is -0.325. The number of benzene rings is 2. The highest BCUT2D eigenvalue weighted by Gasteiger charge is 2.20. The Bertz CT molecular complexity index is 936. The number of rotatable bonds is 4. The smallest absolute Gasteiger partial charge is 0.349 e. The average molecular weight is 370 g/mol. The van der Waals surface area contributed by atoms with Crippen LogP contribution in [0.15, 0.2) is 53.9 Å². The second-order valence-corrected chi connectivity index (χ2v) is 6.69. The van der Waals surface area contributed by atoms with E-state index in [0.717, 1.165) is 11.1 Å². The van der Waals surface area contributed by atoms with Crippen LogP contribution in [-0.2, 0) is 22.7 Å². The first-order valence-electron chi connectivity index (χ1n) is 8.04. The SMILES string of the molecule is O=C(OCc1cc(F)cc2c1OCOC2)c1sccc1-c1ccccc1. The maximum atomic E-state index is 13.8. The van der Waals surface area contributed by atoms with Crippen LogP contribution in [0.25, 0.3) is 11.1 Å². The zero-order valence-electron chi connectivity index (χ0n) is 13.7. The van der Waals surface area contributed by atoms with E-state index < -0.39 is 11.8 Å². The van der Waals surface area contributed by atoms with Gasteiger partial charge in [-0.15, -0.1) is 11.3 Å². The van der Waals surface area contributed by atoms with Crippen molar-refractivity contribution in [2.45, 2.75) is 13.2 Å². The van der Waals surface area contributed by atoms with Gasteiger partial charge in [-0.1, -0.05) is 30.3 Å². The lowest BCUT2D eigenvalue weighted by Crippen LogP contribution is -2.14. The van der Waals surface area contributed by atoms with E-state index in [1.807, 2.05) is 41.8 Å². The third kappa shape index (κ3) is 3.34. The van der Waals surface area contributed by atoms with Gasteiger partial charge >= 0.3 is 5.97 Å². The van der Waals surface area contributed by atoms with Gasteiger partial charge in [0.1, 0.15) is 23.1 Å². The molecule has 4 nitrogen and oxygen atoms in total. The molecule has 0 bridgehead atoms. The maximum Gasteiger partial charge on any atom is 0.349 e. The summed E-state index contributed by atoms with van der Waals surface area (Å²) in [6.07, 6.45) is 0. The summed E-state index contributed by atoms with van der Waals surface area (Å²) in [6.45, 7) is 0.310. The fourth-order valence-corrected chi connectivity index (χ4v) is 3.69. The van der Waals surface area contributed by atoms with Crippen LogP contribution in [0.4, 0.5) is 4.39 Å². The van der Waals surface area contributed by atoms with E-state index >= 15 is 0 Å². The number of hydrogen-bond acceptors (Lipinski definition) is 5. The lowest BCUT2D eigenvalue weighted by molar-refractivity contribution is -0.0182. The van der Waals surface area contributed by atoms with Crippen LogP contribution < -0.4 is 4.74 Å². The number of fused-ring (bicyclic) bond motifs is 1. The van der Waals surface area contributed by atoms with Crippen molar-refractivity contribution in [3.63, 3.8) is 0 Å². The molecular weight excluding hydrogens is 355 g/mol. The minimum atomic E-state index is -0.441. The van der Waals surface area contributed by atoms with Crippen LogP contribution in [0, 0.1) is 5.82 Å². The average Bonchev–Trinajstić information content (AvgIpc) is 3.16. The van der Waals surface area contributed by atoms with Crippen molar-refractivity contribution < 1.29 is 23.4 Å². The summed E-state index contributed by atoms with van der Waals surface area (Å²) in [7, 11) is 0. The standard InChI is InChI=1S/C20H15FO4S/c21-16-8-14-10-23-12-25-18(14)15(9-16)11-24-20(22)19-17(6-7-26-19)13-4-2-1-3-5-13/h1-9H,10-12H2. The molecule has 0 amide bonds. The Kier molecular flexibility index (Phi) is 4.69. The first kappa shape index (κ1) is 16.8. The second kappa shape index (κ2) is 7.27. The third-order valence-electron chi connectivity index (χ3n) is 4.05. The van der Waals surface area contributed by atoms with Gasteiger partial charge in [-0.25, -0.2) is 9.18 Å². The van der Waals surface area contributed by atoms with Gasteiger partial charge in [0.15, 0.2) is 6.79 Å². The maximum absolute atomic E-state index is 13.8. The highest BCUT2D eigenvalue weighted by atomic mass is 32.1. The number of halogens is 1. The molecule has 1 aliphatic heterocycles. The van der Waals surface area contributed by atoms with Crippen molar-refractivity contribution in [2.75, 3.05) is 6.79 Å². The van der Waals surface area contributed by atoms with E-state index in [2.05, 4.69) is 0 Å².